The molecule has 4 unspecified atom stereocenters. The van der Waals surface area contributed by atoms with Crippen LogP contribution in [0.3, 0.4) is 0 Å². The van der Waals surface area contributed by atoms with Gasteiger partial charge in [-0.05, 0) is 52.0 Å². The van der Waals surface area contributed by atoms with Crippen LogP contribution in [0.25, 0.3) is 0 Å². The summed E-state index contributed by atoms with van der Waals surface area (Å²) in [6.45, 7) is 26.8. The van der Waals surface area contributed by atoms with Gasteiger partial charge in [-0.15, -0.1) is 0 Å². The third kappa shape index (κ3) is 25.9. The van der Waals surface area contributed by atoms with Gasteiger partial charge in [0.05, 0.1) is 52.6 Å². The van der Waals surface area contributed by atoms with E-state index in [-0.39, 0.29) is 111 Å². The van der Waals surface area contributed by atoms with E-state index in [0.717, 1.165) is 0 Å². The topological polar surface area (TPSA) is 382 Å². The predicted molar refractivity (Wildman–Crippen MR) is 317 cm³/mol. The highest BCUT2D eigenvalue weighted by atomic mass is 31.2. The second-order valence-corrected chi connectivity index (χ2v) is 25.9. The fourth-order valence-electron chi connectivity index (χ4n) is 6.99. The minimum Gasteiger partial charge on any atom is -0.384 e. The number of hydrogen-bond donors (Lipinski definition) is 4. The van der Waals surface area contributed by atoms with Gasteiger partial charge >= 0.3 is 30.4 Å². The van der Waals surface area contributed by atoms with Gasteiger partial charge in [0.2, 0.25) is 0 Å². The number of nitrogens with zero attached hydrogens (tertiary/aromatic N) is 8. The maximum Gasteiger partial charge on any atom is 0.358 e. The molecule has 8 rings (SSSR count). The summed E-state index contributed by atoms with van der Waals surface area (Å²) in [6.07, 6.45) is 12.4. The van der Waals surface area contributed by atoms with Gasteiger partial charge in [0.15, 0.2) is 27.2 Å². The SMILES string of the molecule is C.C=C1N=C(N)C=CN1C[C@@H]1COP(=O)(OCOCC)CO1.C=C1N=C(N)C=CN1C[C@@H]1COP(=O)(OCOCC)CO1.C=C1N=C(N)C=CN1C[C@@H]1COP(=O)(OCOCC)CO1.C=C1N=C(N)C=CN1C[C@@H]1COP(=O)(OCOCC)CO1. The molecule has 8 aliphatic heterocycles. The van der Waals surface area contributed by atoms with Crippen molar-refractivity contribution in [2.75, 3.05) is 132 Å². The van der Waals surface area contributed by atoms with Gasteiger partial charge in [0.1, 0.15) is 96.4 Å². The van der Waals surface area contributed by atoms with Crippen molar-refractivity contribution in [3.05, 3.63) is 98.7 Å². The van der Waals surface area contributed by atoms with Gasteiger partial charge < -0.3 is 98.5 Å². The van der Waals surface area contributed by atoms with Crippen molar-refractivity contribution < 1.29 is 92.3 Å². The molecular formula is C49H84N12O20P4. The summed E-state index contributed by atoms with van der Waals surface area (Å²) in [7, 11) is -12.9. The van der Waals surface area contributed by atoms with Crippen LogP contribution in [-0.4, -0.2) is 199 Å². The van der Waals surface area contributed by atoms with E-state index in [2.05, 4.69) is 46.3 Å². The molecule has 0 amide bonds. The summed E-state index contributed by atoms with van der Waals surface area (Å²) in [5.74, 6) is 3.74. The Labute approximate surface area is 496 Å². The lowest BCUT2D eigenvalue weighted by molar-refractivity contribution is -0.0399. The van der Waals surface area contributed by atoms with Crippen LogP contribution < -0.4 is 22.9 Å². The van der Waals surface area contributed by atoms with E-state index < -0.39 is 30.4 Å². The van der Waals surface area contributed by atoms with Crippen LogP contribution in [0.4, 0.5) is 0 Å². The molecule has 0 radical (unpaired) electrons. The second kappa shape index (κ2) is 36.6. The zero-order valence-corrected chi connectivity index (χ0v) is 51.3. The Bertz CT molecular complexity index is 2280. The first-order chi connectivity index (χ1) is 40.1. The molecule has 85 heavy (non-hydrogen) atoms. The molecule has 4 fully saturated rings. The maximum absolute atomic E-state index is 12.1. The number of hydrogen-bond acceptors (Lipinski definition) is 32. The fraction of sp³-hybridized carbons (Fsp3) is 0.592. The van der Waals surface area contributed by atoms with Gasteiger partial charge in [-0.25, -0.2) is 20.0 Å². The molecule has 0 aliphatic carbocycles. The third-order valence-electron chi connectivity index (χ3n) is 11.5. The minimum absolute atomic E-state index is 0. The zero-order valence-electron chi connectivity index (χ0n) is 47.7. The Morgan fingerprint density at radius 2 is 0.624 bits per heavy atom. The van der Waals surface area contributed by atoms with E-state index in [1.807, 2.05) is 27.7 Å². The van der Waals surface area contributed by atoms with Gasteiger partial charge in [-0.1, -0.05) is 33.7 Å². The summed E-state index contributed by atoms with van der Waals surface area (Å²) >= 11 is 0. The van der Waals surface area contributed by atoms with Crippen LogP contribution in [0.1, 0.15) is 35.1 Å². The first-order valence-electron chi connectivity index (χ1n) is 26.3. The van der Waals surface area contributed by atoms with E-state index in [0.29, 0.717) is 99.2 Å². The lowest BCUT2D eigenvalue weighted by Gasteiger charge is -2.32. The summed E-state index contributed by atoms with van der Waals surface area (Å²) in [4.78, 5) is 23.4. The lowest BCUT2D eigenvalue weighted by atomic mass is 10.3. The summed E-state index contributed by atoms with van der Waals surface area (Å²) in [5.41, 5.74) is 22.3. The van der Waals surface area contributed by atoms with E-state index >= 15 is 0 Å². The molecule has 0 aromatic heterocycles. The molecule has 0 aromatic carbocycles. The average Bonchev–Trinajstić information content (AvgIpc) is 3.66. The zero-order chi connectivity index (χ0) is 61.2. The largest absolute Gasteiger partial charge is 0.384 e. The first-order valence-corrected chi connectivity index (χ1v) is 33.2. The number of nitrogens with two attached hydrogens (primary N) is 4. The molecule has 0 saturated carbocycles. The lowest BCUT2D eigenvalue weighted by Crippen LogP contribution is -2.37. The highest BCUT2D eigenvalue weighted by molar-refractivity contribution is 7.54. The minimum atomic E-state index is -3.21. The molecule has 480 valence electrons. The molecule has 8 N–H and O–H groups in total. The normalized spacial score (nSPS) is 29.2. The smallest absolute Gasteiger partial charge is 0.358 e. The van der Waals surface area contributed by atoms with Crippen molar-refractivity contribution in [2.45, 2.75) is 59.5 Å². The Balaban J connectivity index is 0.000000242. The second-order valence-electron chi connectivity index (χ2n) is 17.9. The van der Waals surface area contributed by atoms with Crippen molar-refractivity contribution in [2.24, 2.45) is 42.9 Å². The van der Waals surface area contributed by atoms with Crippen molar-refractivity contribution in [1.82, 2.24) is 19.6 Å². The van der Waals surface area contributed by atoms with E-state index in [1.165, 1.54) is 0 Å². The molecule has 36 heteroatoms. The van der Waals surface area contributed by atoms with Crippen molar-refractivity contribution >= 4 is 53.7 Å². The van der Waals surface area contributed by atoms with Gasteiger partial charge in [-0.3, -0.25) is 36.4 Å². The van der Waals surface area contributed by atoms with Crippen LogP contribution in [0.5, 0.6) is 0 Å². The van der Waals surface area contributed by atoms with Crippen molar-refractivity contribution in [1.29, 1.82) is 0 Å². The van der Waals surface area contributed by atoms with Crippen LogP contribution >= 0.6 is 30.4 Å². The number of rotatable bonds is 24. The Hall–Kier alpha value is -4.72. The standard InChI is InChI=1S/4C12H20N3O5P.CH4/c4*1-3-17-8-20-21(16)9-18-11(7-19-21)6-15-5-4-12(13)14-10(15)2;/h4*4-5,11H,2-3,6-9H2,1H3,(H2,13,14);1H4/t4*11-,21?;/m1111./s1. The summed E-state index contributed by atoms with van der Waals surface area (Å²) in [6, 6.07) is 0. The molecular weight excluding hydrogens is 1200 g/mol. The number of ether oxygens (including phenoxy) is 8. The Morgan fingerprint density at radius 1 is 0.424 bits per heavy atom. The molecule has 8 aliphatic rings. The monoisotopic (exact) mass is 1280 g/mol. The highest BCUT2D eigenvalue weighted by Gasteiger charge is 2.38. The van der Waals surface area contributed by atoms with Crippen molar-refractivity contribution in [3.8, 4) is 0 Å². The third-order valence-corrected chi connectivity index (χ3v) is 17.5. The molecule has 8 heterocycles. The molecule has 4 saturated heterocycles. The van der Waals surface area contributed by atoms with Gasteiger partial charge in [0, 0.05) is 51.2 Å². The van der Waals surface area contributed by atoms with Crippen LogP contribution in [0.2, 0.25) is 0 Å². The van der Waals surface area contributed by atoms with Gasteiger partial charge in [-0.2, -0.15) is 0 Å². The summed E-state index contributed by atoms with van der Waals surface area (Å²) < 4.78 is 132. The quantitative estimate of drug-likeness (QED) is 0.0525. The average molecular weight is 1290 g/mol. The molecule has 0 bridgehead atoms. The van der Waals surface area contributed by atoms with E-state index in [1.54, 1.807) is 68.7 Å². The Kier molecular flexibility index (Phi) is 31.3. The predicted octanol–water partition coefficient (Wildman–Crippen LogP) is 5.52. The van der Waals surface area contributed by atoms with Crippen LogP contribution in [0, 0.1) is 0 Å². The fourth-order valence-corrected chi connectivity index (χ4v) is 12.0. The molecule has 8 atom stereocenters. The summed E-state index contributed by atoms with van der Waals surface area (Å²) in [5, 5.41) is 0. The molecule has 0 aromatic rings. The first kappa shape index (κ1) is 72.8. The van der Waals surface area contributed by atoms with E-state index in [4.69, 9.17) is 97.0 Å². The maximum atomic E-state index is 12.1. The molecule has 32 nitrogen and oxygen atoms in total. The highest BCUT2D eigenvalue weighted by Crippen LogP contribution is 2.53. The van der Waals surface area contributed by atoms with Crippen LogP contribution in [0.15, 0.2) is 119 Å². The van der Waals surface area contributed by atoms with E-state index in [9.17, 15) is 18.3 Å². The Morgan fingerprint density at radius 3 is 0.776 bits per heavy atom. The van der Waals surface area contributed by atoms with Gasteiger partial charge in [0.25, 0.3) is 0 Å². The number of amidine groups is 4. The van der Waals surface area contributed by atoms with Crippen LogP contribution in [-0.2, 0) is 92.3 Å². The number of aliphatic imine (C=N–C) groups is 4. The molecule has 0 spiro atoms. The van der Waals surface area contributed by atoms with Crippen molar-refractivity contribution in [3.63, 3.8) is 0 Å².